The van der Waals surface area contributed by atoms with Crippen molar-refractivity contribution in [1.82, 2.24) is 0 Å². The van der Waals surface area contributed by atoms with Gasteiger partial charge in [0.1, 0.15) is 11.4 Å². The van der Waals surface area contributed by atoms with E-state index < -0.39 is 0 Å². The lowest BCUT2D eigenvalue weighted by atomic mass is 10.1. The minimum absolute atomic E-state index is 0.0970. The molecule has 1 aliphatic heterocycles. The zero-order valence-corrected chi connectivity index (χ0v) is 14.7. The van der Waals surface area contributed by atoms with Gasteiger partial charge in [0, 0.05) is 38.3 Å². The van der Waals surface area contributed by atoms with Crippen LogP contribution >= 0.6 is 0 Å². The molecule has 1 heterocycles. The minimum Gasteiger partial charge on any atom is -0.362 e. The fourth-order valence-corrected chi connectivity index (χ4v) is 3.28. The van der Waals surface area contributed by atoms with Crippen LogP contribution in [-0.2, 0) is 0 Å². The van der Waals surface area contributed by atoms with E-state index in [1.54, 1.807) is 24.3 Å². The monoisotopic (exact) mass is 356 g/mol. The molecule has 0 unspecified atom stereocenters. The molecule has 136 valence electrons. The molecule has 0 N–H and O–H groups in total. The van der Waals surface area contributed by atoms with Crippen molar-refractivity contribution in [3.63, 3.8) is 0 Å². The van der Waals surface area contributed by atoms with Crippen LogP contribution in [-0.4, -0.2) is 36.0 Å². The molecule has 2 aromatic carbocycles. The molecule has 3 rings (SSSR count). The first-order valence-corrected chi connectivity index (χ1v) is 8.37. The number of rotatable bonds is 4. The van der Waals surface area contributed by atoms with Crippen molar-refractivity contribution in [3.05, 3.63) is 67.8 Å². The van der Waals surface area contributed by atoms with E-state index in [2.05, 4.69) is 0 Å². The normalized spacial score (nSPS) is 14.4. The van der Waals surface area contributed by atoms with Gasteiger partial charge in [-0.05, 0) is 37.1 Å². The summed E-state index contributed by atoms with van der Waals surface area (Å²) in [6.45, 7) is 5.91. The maximum absolute atomic E-state index is 11.3. The highest BCUT2D eigenvalue weighted by atomic mass is 16.6. The molecule has 0 saturated carbocycles. The Morgan fingerprint density at radius 2 is 1.08 bits per heavy atom. The summed E-state index contributed by atoms with van der Waals surface area (Å²) in [6.07, 6.45) is 0. The van der Waals surface area contributed by atoms with Crippen LogP contribution in [0.15, 0.2) is 36.4 Å². The fraction of sp³-hybridized carbons (Fsp3) is 0.333. The molecule has 1 fully saturated rings. The Kier molecular flexibility index (Phi) is 4.75. The van der Waals surface area contributed by atoms with Crippen LogP contribution in [0.1, 0.15) is 11.1 Å². The van der Waals surface area contributed by atoms with Gasteiger partial charge in [0.05, 0.1) is 9.85 Å². The van der Waals surface area contributed by atoms with Gasteiger partial charge in [-0.15, -0.1) is 0 Å². The van der Waals surface area contributed by atoms with E-state index in [1.165, 1.54) is 0 Å². The number of nitrogens with zero attached hydrogens (tertiary/aromatic N) is 4. The van der Waals surface area contributed by atoms with Gasteiger partial charge in [-0.25, -0.2) is 0 Å². The average Bonchev–Trinajstić information content (AvgIpc) is 2.61. The molecular formula is C18H20N4O4. The van der Waals surface area contributed by atoms with E-state index in [-0.39, 0.29) is 21.2 Å². The lowest BCUT2D eigenvalue weighted by Gasteiger charge is -2.36. The van der Waals surface area contributed by atoms with Crippen LogP contribution in [0.5, 0.6) is 0 Å². The van der Waals surface area contributed by atoms with Gasteiger partial charge in [-0.2, -0.15) is 0 Å². The van der Waals surface area contributed by atoms with E-state index in [4.69, 9.17) is 0 Å². The molecule has 0 amide bonds. The number of hydrogen-bond donors (Lipinski definition) is 0. The van der Waals surface area contributed by atoms with E-state index >= 15 is 0 Å². The van der Waals surface area contributed by atoms with Crippen molar-refractivity contribution in [2.75, 3.05) is 36.0 Å². The SMILES string of the molecule is Cc1ccc(N2CCN(c3ccc(C)cc3[N+](=O)[O-])CC2)c([N+](=O)[O-])c1. The topological polar surface area (TPSA) is 92.8 Å². The Bertz CT molecular complexity index is 789. The Morgan fingerprint density at radius 1 is 0.731 bits per heavy atom. The lowest BCUT2D eigenvalue weighted by molar-refractivity contribution is -0.384. The maximum Gasteiger partial charge on any atom is 0.292 e. The summed E-state index contributed by atoms with van der Waals surface area (Å²) in [4.78, 5) is 25.9. The first-order valence-electron chi connectivity index (χ1n) is 8.37. The number of hydrogen-bond acceptors (Lipinski definition) is 6. The fourth-order valence-electron chi connectivity index (χ4n) is 3.28. The van der Waals surface area contributed by atoms with Gasteiger partial charge in [-0.1, -0.05) is 12.1 Å². The van der Waals surface area contributed by atoms with Crippen LogP contribution in [0.3, 0.4) is 0 Å². The highest BCUT2D eigenvalue weighted by Crippen LogP contribution is 2.33. The number of nitro groups is 2. The predicted molar refractivity (Wildman–Crippen MR) is 100 cm³/mol. The molecule has 0 aromatic heterocycles. The molecule has 0 bridgehead atoms. The Labute approximate surface area is 150 Å². The summed E-state index contributed by atoms with van der Waals surface area (Å²) >= 11 is 0. The van der Waals surface area contributed by atoms with Crippen LogP contribution in [0.4, 0.5) is 22.7 Å². The molecule has 26 heavy (non-hydrogen) atoms. The third-order valence-electron chi connectivity index (χ3n) is 4.62. The van der Waals surface area contributed by atoms with Crippen molar-refractivity contribution >= 4 is 22.7 Å². The second kappa shape index (κ2) is 6.99. The number of benzene rings is 2. The lowest BCUT2D eigenvalue weighted by Crippen LogP contribution is -2.46. The number of nitro benzene ring substituents is 2. The second-order valence-electron chi connectivity index (χ2n) is 6.47. The third-order valence-corrected chi connectivity index (χ3v) is 4.62. The van der Waals surface area contributed by atoms with Crippen molar-refractivity contribution in [2.24, 2.45) is 0 Å². The smallest absolute Gasteiger partial charge is 0.292 e. The largest absolute Gasteiger partial charge is 0.362 e. The van der Waals surface area contributed by atoms with Crippen LogP contribution in [0, 0.1) is 34.1 Å². The van der Waals surface area contributed by atoms with E-state index in [0.717, 1.165) is 11.1 Å². The summed E-state index contributed by atoms with van der Waals surface area (Å²) in [7, 11) is 0. The van der Waals surface area contributed by atoms with Gasteiger partial charge in [0.2, 0.25) is 0 Å². The van der Waals surface area contributed by atoms with E-state index in [1.807, 2.05) is 35.8 Å². The summed E-state index contributed by atoms with van der Waals surface area (Å²) in [6, 6.07) is 10.4. The second-order valence-corrected chi connectivity index (χ2v) is 6.47. The standard InChI is InChI=1S/C18H20N4O4/c1-13-3-5-15(17(11-13)21(23)24)19-7-9-20(10-8-19)16-6-4-14(2)12-18(16)22(25)26/h3-6,11-12H,7-10H2,1-2H3. The highest BCUT2D eigenvalue weighted by Gasteiger charge is 2.27. The first kappa shape index (κ1) is 17.7. The molecule has 8 heteroatoms. The molecule has 2 aromatic rings. The molecule has 0 radical (unpaired) electrons. The van der Waals surface area contributed by atoms with Crippen molar-refractivity contribution < 1.29 is 9.85 Å². The molecule has 0 atom stereocenters. The molecule has 0 aliphatic carbocycles. The summed E-state index contributed by atoms with van der Waals surface area (Å²) in [5.74, 6) is 0. The Balaban J connectivity index is 1.81. The van der Waals surface area contributed by atoms with Crippen molar-refractivity contribution in [1.29, 1.82) is 0 Å². The number of anilines is 2. The maximum atomic E-state index is 11.3. The van der Waals surface area contributed by atoms with Crippen LogP contribution < -0.4 is 9.80 Å². The number of piperazine rings is 1. The average molecular weight is 356 g/mol. The summed E-state index contributed by atoms with van der Waals surface area (Å²) in [5, 5.41) is 22.7. The summed E-state index contributed by atoms with van der Waals surface area (Å²) < 4.78 is 0. The quantitative estimate of drug-likeness (QED) is 0.615. The van der Waals surface area contributed by atoms with E-state index in [9.17, 15) is 20.2 Å². The zero-order valence-electron chi connectivity index (χ0n) is 14.7. The molecule has 0 spiro atoms. The van der Waals surface area contributed by atoms with Gasteiger partial charge < -0.3 is 9.80 Å². The van der Waals surface area contributed by atoms with Crippen molar-refractivity contribution in [3.8, 4) is 0 Å². The summed E-state index contributed by atoms with van der Waals surface area (Å²) in [5.41, 5.74) is 3.07. The van der Waals surface area contributed by atoms with Crippen molar-refractivity contribution in [2.45, 2.75) is 13.8 Å². The molecular weight excluding hydrogens is 336 g/mol. The predicted octanol–water partition coefficient (Wildman–Crippen LogP) is 3.45. The first-order chi connectivity index (χ1) is 12.4. The van der Waals surface area contributed by atoms with Gasteiger partial charge in [0.25, 0.3) is 11.4 Å². The Hall–Kier alpha value is -3.16. The zero-order chi connectivity index (χ0) is 18.8. The molecule has 1 aliphatic rings. The van der Waals surface area contributed by atoms with Crippen LogP contribution in [0.25, 0.3) is 0 Å². The number of aryl methyl sites for hydroxylation is 2. The van der Waals surface area contributed by atoms with Gasteiger partial charge in [0.15, 0.2) is 0 Å². The molecule has 1 saturated heterocycles. The highest BCUT2D eigenvalue weighted by molar-refractivity contribution is 5.67. The molecule has 8 nitrogen and oxygen atoms in total. The third kappa shape index (κ3) is 3.44. The van der Waals surface area contributed by atoms with Gasteiger partial charge in [-0.3, -0.25) is 20.2 Å². The van der Waals surface area contributed by atoms with Crippen LogP contribution in [0.2, 0.25) is 0 Å². The minimum atomic E-state index is -0.362. The van der Waals surface area contributed by atoms with Gasteiger partial charge >= 0.3 is 0 Å². The van der Waals surface area contributed by atoms with E-state index in [0.29, 0.717) is 37.6 Å². The Morgan fingerprint density at radius 3 is 1.38 bits per heavy atom.